The molecule has 25 heavy (non-hydrogen) atoms. The number of non-ortho nitro benzene ring substituents is 1. The van der Waals surface area contributed by atoms with Gasteiger partial charge in [0.2, 0.25) is 0 Å². The Bertz CT molecular complexity index is 767. The van der Waals surface area contributed by atoms with Crippen molar-refractivity contribution >= 4 is 11.5 Å². The molecule has 2 bridgehead atoms. The third-order valence-electron chi connectivity index (χ3n) is 5.65. The van der Waals surface area contributed by atoms with Crippen molar-refractivity contribution in [1.29, 1.82) is 0 Å². The number of hydrogen-bond acceptors (Lipinski definition) is 5. The maximum absolute atomic E-state index is 10.9. The largest absolute Gasteiger partial charge is 0.365 e. The highest BCUT2D eigenvalue weighted by molar-refractivity contribution is 5.66. The van der Waals surface area contributed by atoms with Crippen LogP contribution in [0.25, 0.3) is 11.1 Å². The van der Waals surface area contributed by atoms with Crippen LogP contribution in [-0.2, 0) is 0 Å². The fourth-order valence-corrected chi connectivity index (χ4v) is 4.17. The number of fused-ring (bicyclic) bond motifs is 3. The Hall–Kier alpha value is -2.47. The van der Waals surface area contributed by atoms with Gasteiger partial charge in [0.05, 0.1) is 4.92 Å². The molecule has 2 aromatic rings. The predicted molar refractivity (Wildman–Crippen MR) is 97.5 cm³/mol. The molecule has 3 fully saturated rings. The van der Waals surface area contributed by atoms with Crippen LogP contribution in [0.15, 0.2) is 42.6 Å². The van der Waals surface area contributed by atoms with E-state index >= 15 is 0 Å². The quantitative estimate of drug-likeness (QED) is 0.682. The summed E-state index contributed by atoms with van der Waals surface area (Å²) in [6, 6.07) is 11.6. The average Bonchev–Trinajstić information content (AvgIpc) is 2.66. The summed E-state index contributed by atoms with van der Waals surface area (Å²) >= 11 is 0. The minimum Gasteiger partial charge on any atom is -0.365 e. The first kappa shape index (κ1) is 16.0. The number of aromatic nitrogens is 1. The molecule has 1 aromatic heterocycles. The van der Waals surface area contributed by atoms with E-state index in [0.717, 1.165) is 22.9 Å². The lowest BCUT2D eigenvalue weighted by Crippen LogP contribution is -2.59. The number of nitrogens with zero attached hydrogens (tertiary/aromatic N) is 3. The fourth-order valence-electron chi connectivity index (χ4n) is 4.17. The third-order valence-corrected chi connectivity index (χ3v) is 5.65. The van der Waals surface area contributed by atoms with Crippen molar-refractivity contribution in [1.82, 2.24) is 9.88 Å². The van der Waals surface area contributed by atoms with E-state index in [1.165, 1.54) is 32.0 Å². The summed E-state index contributed by atoms with van der Waals surface area (Å²) < 4.78 is 0. The summed E-state index contributed by atoms with van der Waals surface area (Å²) in [7, 11) is 0. The minimum atomic E-state index is -0.373. The van der Waals surface area contributed by atoms with Crippen LogP contribution < -0.4 is 5.32 Å². The molecule has 0 radical (unpaired) electrons. The van der Waals surface area contributed by atoms with Crippen molar-refractivity contribution in [2.24, 2.45) is 5.92 Å². The minimum absolute atomic E-state index is 0.0980. The maximum Gasteiger partial charge on any atom is 0.270 e. The highest BCUT2D eigenvalue weighted by Crippen LogP contribution is 2.34. The Kier molecular flexibility index (Phi) is 4.13. The van der Waals surface area contributed by atoms with E-state index < -0.39 is 0 Å². The van der Waals surface area contributed by atoms with Gasteiger partial charge in [0, 0.05) is 36.0 Å². The number of rotatable bonds is 4. The van der Waals surface area contributed by atoms with Gasteiger partial charge in [-0.2, -0.15) is 0 Å². The molecule has 5 rings (SSSR count). The molecule has 6 heteroatoms. The molecule has 3 aliphatic rings. The molecule has 0 amide bonds. The van der Waals surface area contributed by atoms with Gasteiger partial charge >= 0.3 is 0 Å². The number of nitrogens with one attached hydrogen (secondary N) is 1. The molecule has 0 saturated carbocycles. The standard InChI is InChI=1S/C19H22N4O2/c1-13-19(14-7-9-22(13)10-8-14)21-18-6-5-16(12-20-18)15-3-2-4-17(11-15)23(24)25/h2-6,11-14,19H,7-10H2,1H3,(H,20,21). The van der Waals surface area contributed by atoms with Crippen molar-refractivity contribution in [2.75, 3.05) is 18.4 Å². The van der Waals surface area contributed by atoms with E-state index in [1.807, 2.05) is 18.2 Å². The molecule has 3 aliphatic heterocycles. The van der Waals surface area contributed by atoms with Crippen LogP contribution in [0.1, 0.15) is 19.8 Å². The Balaban J connectivity index is 1.51. The highest BCUT2D eigenvalue weighted by atomic mass is 16.6. The number of nitro groups is 1. The molecule has 1 aromatic carbocycles. The van der Waals surface area contributed by atoms with Gasteiger partial charge in [-0.3, -0.25) is 15.0 Å². The number of piperidine rings is 3. The van der Waals surface area contributed by atoms with Gasteiger partial charge in [-0.25, -0.2) is 4.98 Å². The van der Waals surface area contributed by atoms with Crippen LogP contribution in [-0.4, -0.2) is 40.0 Å². The molecule has 2 atom stereocenters. The molecule has 4 heterocycles. The second-order valence-corrected chi connectivity index (χ2v) is 7.02. The number of anilines is 1. The van der Waals surface area contributed by atoms with Crippen molar-refractivity contribution in [2.45, 2.75) is 31.8 Å². The van der Waals surface area contributed by atoms with Gasteiger partial charge in [0.25, 0.3) is 5.69 Å². The number of pyridine rings is 1. The second-order valence-electron chi connectivity index (χ2n) is 7.02. The number of benzene rings is 1. The molecular weight excluding hydrogens is 316 g/mol. The van der Waals surface area contributed by atoms with E-state index in [9.17, 15) is 10.1 Å². The van der Waals surface area contributed by atoms with Crippen LogP contribution in [0.3, 0.4) is 0 Å². The Morgan fingerprint density at radius 3 is 2.64 bits per heavy atom. The van der Waals surface area contributed by atoms with Crippen LogP contribution in [0.2, 0.25) is 0 Å². The summed E-state index contributed by atoms with van der Waals surface area (Å²) in [5.74, 6) is 1.60. The zero-order chi connectivity index (χ0) is 17.4. The zero-order valence-corrected chi connectivity index (χ0v) is 14.3. The van der Waals surface area contributed by atoms with Gasteiger partial charge in [-0.15, -0.1) is 0 Å². The van der Waals surface area contributed by atoms with Gasteiger partial charge < -0.3 is 5.32 Å². The number of hydrogen-bond donors (Lipinski definition) is 1. The lowest BCUT2D eigenvalue weighted by Gasteiger charge is -2.50. The Labute approximate surface area is 147 Å². The fraction of sp³-hybridized carbons (Fsp3) is 0.421. The van der Waals surface area contributed by atoms with Crippen LogP contribution >= 0.6 is 0 Å². The van der Waals surface area contributed by atoms with Crippen molar-refractivity contribution in [3.05, 3.63) is 52.7 Å². The van der Waals surface area contributed by atoms with E-state index in [4.69, 9.17) is 0 Å². The van der Waals surface area contributed by atoms with E-state index in [2.05, 4.69) is 22.1 Å². The molecule has 0 aliphatic carbocycles. The second kappa shape index (κ2) is 6.44. The summed E-state index contributed by atoms with van der Waals surface area (Å²) in [5, 5.41) is 14.5. The van der Waals surface area contributed by atoms with E-state index in [1.54, 1.807) is 18.3 Å². The lowest BCUT2D eigenvalue weighted by molar-refractivity contribution is -0.384. The molecule has 3 saturated heterocycles. The average molecular weight is 338 g/mol. The summed E-state index contributed by atoms with van der Waals surface area (Å²) in [6.07, 6.45) is 4.30. The van der Waals surface area contributed by atoms with Crippen molar-refractivity contribution < 1.29 is 4.92 Å². The highest BCUT2D eigenvalue weighted by Gasteiger charge is 2.39. The van der Waals surface area contributed by atoms with Gasteiger partial charge in [0.1, 0.15) is 5.82 Å². The van der Waals surface area contributed by atoms with E-state index in [-0.39, 0.29) is 10.6 Å². The zero-order valence-electron chi connectivity index (χ0n) is 14.3. The monoisotopic (exact) mass is 338 g/mol. The maximum atomic E-state index is 10.9. The van der Waals surface area contributed by atoms with Crippen molar-refractivity contribution in [3.8, 4) is 11.1 Å². The Morgan fingerprint density at radius 1 is 1.20 bits per heavy atom. The molecule has 2 unspecified atom stereocenters. The molecule has 130 valence electrons. The third kappa shape index (κ3) is 3.09. The van der Waals surface area contributed by atoms with Crippen molar-refractivity contribution in [3.63, 3.8) is 0 Å². The van der Waals surface area contributed by atoms with E-state index in [0.29, 0.717) is 12.1 Å². The van der Waals surface area contributed by atoms with Crippen LogP contribution in [0.4, 0.5) is 11.5 Å². The summed E-state index contributed by atoms with van der Waals surface area (Å²) in [6.45, 7) is 4.72. The van der Waals surface area contributed by atoms with Gasteiger partial charge in [0.15, 0.2) is 0 Å². The molecule has 0 spiro atoms. The van der Waals surface area contributed by atoms with Gasteiger partial charge in [-0.1, -0.05) is 12.1 Å². The summed E-state index contributed by atoms with van der Waals surface area (Å²) in [4.78, 5) is 17.6. The normalized spacial score (nSPS) is 27.9. The smallest absolute Gasteiger partial charge is 0.270 e. The Morgan fingerprint density at radius 2 is 2.00 bits per heavy atom. The van der Waals surface area contributed by atoms with Gasteiger partial charge in [-0.05, 0) is 56.5 Å². The molecular formula is C19H22N4O2. The number of nitro benzene ring substituents is 1. The summed E-state index contributed by atoms with van der Waals surface area (Å²) in [5.41, 5.74) is 1.79. The predicted octanol–water partition coefficient (Wildman–Crippen LogP) is 3.55. The first-order valence-electron chi connectivity index (χ1n) is 8.83. The SMILES string of the molecule is CC1C(Nc2ccc(-c3cccc([N+](=O)[O-])c3)cn2)C2CCN1CC2. The van der Waals surface area contributed by atoms with Crippen LogP contribution in [0.5, 0.6) is 0 Å². The molecule has 6 nitrogen and oxygen atoms in total. The molecule has 1 N–H and O–H groups in total. The first-order valence-corrected chi connectivity index (χ1v) is 8.83. The van der Waals surface area contributed by atoms with Crippen LogP contribution in [0, 0.1) is 16.0 Å². The topological polar surface area (TPSA) is 71.3 Å². The lowest BCUT2D eigenvalue weighted by atomic mass is 9.79. The first-order chi connectivity index (χ1) is 12.1.